The molecule has 0 aliphatic carbocycles. The van der Waals surface area contributed by atoms with Crippen LogP contribution in [0.4, 0.5) is 0 Å². The Labute approximate surface area is 169 Å². The van der Waals surface area contributed by atoms with Crippen molar-refractivity contribution in [1.82, 2.24) is 14.5 Å². The third-order valence-electron chi connectivity index (χ3n) is 4.89. The Balaban J connectivity index is 2.05. The highest BCUT2D eigenvalue weighted by Gasteiger charge is 2.25. The first kappa shape index (κ1) is 20.1. The van der Waals surface area contributed by atoms with Crippen LogP contribution in [0.3, 0.4) is 0 Å². The van der Waals surface area contributed by atoms with Gasteiger partial charge >= 0.3 is 0 Å². The van der Waals surface area contributed by atoms with Crippen molar-refractivity contribution in [3.8, 4) is 0 Å². The molecule has 1 atom stereocenters. The van der Waals surface area contributed by atoms with Crippen molar-refractivity contribution in [2.45, 2.75) is 39.3 Å². The number of hydrogen-bond donors (Lipinski definition) is 0. The molecule has 1 unspecified atom stereocenters. The zero-order valence-corrected chi connectivity index (χ0v) is 17.1. The van der Waals surface area contributed by atoms with E-state index in [1.54, 1.807) is 30.1 Å². The van der Waals surface area contributed by atoms with Gasteiger partial charge in [-0.3, -0.25) is 14.2 Å². The van der Waals surface area contributed by atoms with E-state index in [1.807, 2.05) is 44.2 Å². The van der Waals surface area contributed by atoms with Crippen LogP contribution in [0, 0.1) is 0 Å². The predicted molar refractivity (Wildman–Crippen MR) is 112 cm³/mol. The summed E-state index contributed by atoms with van der Waals surface area (Å²) in [5.74, 6) is 0.601. The highest BCUT2D eigenvalue weighted by Crippen LogP contribution is 2.24. The molecule has 146 valence electrons. The number of halogens is 1. The smallest absolute Gasteiger partial charge is 0.261 e. The van der Waals surface area contributed by atoms with Gasteiger partial charge in [-0.25, -0.2) is 4.98 Å². The van der Waals surface area contributed by atoms with Gasteiger partial charge in [0.2, 0.25) is 5.91 Å². The Hall–Kier alpha value is -2.66. The van der Waals surface area contributed by atoms with Gasteiger partial charge in [-0.15, -0.1) is 0 Å². The first-order valence-electron chi connectivity index (χ1n) is 9.42. The van der Waals surface area contributed by atoms with Crippen LogP contribution in [0.25, 0.3) is 10.9 Å². The Morgan fingerprint density at radius 1 is 1.21 bits per heavy atom. The lowest BCUT2D eigenvalue weighted by Crippen LogP contribution is -2.36. The maximum atomic E-state index is 12.9. The normalized spacial score (nSPS) is 12.1. The Morgan fingerprint density at radius 3 is 2.61 bits per heavy atom. The standard InChI is InChI=1S/C22H24ClN3O2/c1-4-8-20(27)26(14-16-9-6-5-7-10-16)15(2)21-24-19-12-11-17(23)13-18(19)22(28)25(21)3/h5-7,9-13,15H,4,8,14H2,1-3H3. The number of carbonyl (C=O) groups is 1. The molecular weight excluding hydrogens is 374 g/mol. The number of amides is 1. The maximum Gasteiger partial charge on any atom is 0.261 e. The number of hydrogen-bond acceptors (Lipinski definition) is 3. The molecule has 3 aromatic rings. The minimum Gasteiger partial charge on any atom is -0.328 e. The molecule has 0 aliphatic heterocycles. The number of aromatic nitrogens is 2. The van der Waals surface area contributed by atoms with Crippen LogP contribution in [-0.2, 0) is 18.4 Å². The topological polar surface area (TPSA) is 55.2 Å². The summed E-state index contributed by atoms with van der Waals surface area (Å²) >= 11 is 6.03. The third kappa shape index (κ3) is 4.09. The average Bonchev–Trinajstić information content (AvgIpc) is 2.69. The van der Waals surface area contributed by atoms with E-state index in [2.05, 4.69) is 0 Å². The Kier molecular flexibility index (Phi) is 6.15. The van der Waals surface area contributed by atoms with Gasteiger partial charge in [0.05, 0.1) is 16.9 Å². The number of carbonyl (C=O) groups excluding carboxylic acids is 1. The molecule has 3 rings (SSSR count). The van der Waals surface area contributed by atoms with Crippen LogP contribution in [-0.4, -0.2) is 20.4 Å². The van der Waals surface area contributed by atoms with Crippen LogP contribution in [0.1, 0.15) is 44.1 Å². The van der Waals surface area contributed by atoms with Gasteiger partial charge in [0.25, 0.3) is 5.56 Å². The van der Waals surface area contributed by atoms with E-state index in [-0.39, 0.29) is 17.5 Å². The van der Waals surface area contributed by atoms with Gasteiger partial charge in [0.1, 0.15) is 5.82 Å². The van der Waals surface area contributed by atoms with Gasteiger partial charge in [-0.1, -0.05) is 48.9 Å². The predicted octanol–water partition coefficient (Wildman–Crippen LogP) is 4.48. The van der Waals surface area contributed by atoms with Crippen molar-refractivity contribution in [3.63, 3.8) is 0 Å². The van der Waals surface area contributed by atoms with Crippen LogP contribution < -0.4 is 5.56 Å². The average molecular weight is 398 g/mol. The summed E-state index contributed by atoms with van der Waals surface area (Å²) in [6.07, 6.45) is 1.22. The largest absolute Gasteiger partial charge is 0.328 e. The number of benzene rings is 2. The summed E-state index contributed by atoms with van der Waals surface area (Å²) in [7, 11) is 1.69. The van der Waals surface area contributed by atoms with Crippen molar-refractivity contribution in [2.75, 3.05) is 0 Å². The molecule has 0 spiro atoms. The van der Waals surface area contributed by atoms with Crippen molar-refractivity contribution >= 4 is 28.4 Å². The molecule has 28 heavy (non-hydrogen) atoms. The van der Waals surface area contributed by atoms with E-state index in [4.69, 9.17) is 16.6 Å². The van der Waals surface area contributed by atoms with Gasteiger partial charge < -0.3 is 4.90 Å². The molecule has 0 N–H and O–H groups in total. The summed E-state index contributed by atoms with van der Waals surface area (Å²) in [6, 6.07) is 14.6. The van der Waals surface area contributed by atoms with E-state index in [0.717, 1.165) is 12.0 Å². The lowest BCUT2D eigenvalue weighted by atomic mass is 10.1. The fourth-order valence-electron chi connectivity index (χ4n) is 3.35. The SMILES string of the molecule is CCCC(=O)N(Cc1ccccc1)C(C)c1nc2ccc(Cl)cc2c(=O)n1C. The van der Waals surface area contributed by atoms with Gasteiger partial charge in [0.15, 0.2) is 0 Å². The first-order valence-corrected chi connectivity index (χ1v) is 9.79. The van der Waals surface area contributed by atoms with E-state index in [1.165, 1.54) is 4.57 Å². The van der Waals surface area contributed by atoms with Crippen LogP contribution in [0.15, 0.2) is 53.3 Å². The van der Waals surface area contributed by atoms with E-state index >= 15 is 0 Å². The van der Waals surface area contributed by atoms with Gasteiger partial charge in [-0.05, 0) is 37.1 Å². The molecule has 0 radical (unpaired) electrons. The number of nitrogens with zero attached hydrogens (tertiary/aromatic N) is 3. The summed E-state index contributed by atoms with van der Waals surface area (Å²) in [5, 5.41) is 0.969. The second-order valence-electron chi connectivity index (χ2n) is 6.93. The molecule has 0 aliphatic rings. The van der Waals surface area contributed by atoms with Gasteiger partial charge in [0, 0.05) is 25.0 Å². The molecule has 2 aromatic carbocycles. The molecular formula is C22H24ClN3O2. The molecule has 0 fully saturated rings. The van der Waals surface area contributed by atoms with E-state index in [9.17, 15) is 9.59 Å². The fraction of sp³-hybridized carbons (Fsp3) is 0.318. The van der Waals surface area contributed by atoms with Crippen LogP contribution in [0.2, 0.25) is 5.02 Å². The molecule has 1 amide bonds. The first-order chi connectivity index (χ1) is 13.4. The lowest BCUT2D eigenvalue weighted by Gasteiger charge is -2.30. The van der Waals surface area contributed by atoms with Gasteiger partial charge in [-0.2, -0.15) is 0 Å². The summed E-state index contributed by atoms with van der Waals surface area (Å²) in [5.41, 5.74) is 1.45. The number of fused-ring (bicyclic) bond motifs is 1. The second kappa shape index (κ2) is 8.57. The minimum absolute atomic E-state index is 0.0457. The lowest BCUT2D eigenvalue weighted by molar-refractivity contribution is -0.134. The van der Waals surface area contributed by atoms with Crippen molar-refractivity contribution in [1.29, 1.82) is 0 Å². The van der Waals surface area contributed by atoms with Crippen LogP contribution >= 0.6 is 11.6 Å². The highest BCUT2D eigenvalue weighted by atomic mass is 35.5. The second-order valence-corrected chi connectivity index (χ2v) is 7.37. The van der Waals surface area contributed by atoms with Crippen molar-refractivity contribution in [3.05, 3.63) is 75.3 Å². The van der Waals surface area contributed by atoms with Crippen molar-refractivity contribution in [2.24, 2.45) is 7.05 Å². The molecule has 5 nitrogen and oxygen atoms in total. The molecule has 0 saturated heterocycles. The van der Waals surface area contributed by atoms with Crippen LogP contribution in [0.5, 0.6) is 0 Å². The quantitative estimate of drug-likeness (QED) is 0.616. The number of rotatable bonds is 6. The molecule has 0 saturated carbocycles. The summed E-state index contributed by atoms with van der Waals surface area (Å²) < 4.78 is 1.51. The molecule has 0 bridgehead atoms. The zero-order chi connectivity index (χ0) is 20.3. The Morgan fingerprint density at radius 2 is 1.93 bits per heavy atom. The highest BCUT2D eigenvalue weighted by molar-refractivity contribution is 6.31. The van der Waals surface area contributed by atoms with E-state index in [0.29, 0.717) is 34.7 Å². The molecule has 6 heteroatoms. The maximum absolute atomic E-state index is 12.9. The third-order valence-corrected chi connectivity index (χ3v) is 5.13. The zero-order valence-electron chi connectivity index (χ0n) is 16.4. The summed E-state index contributed by atoms with van der Waals surface area (Å²) in [4.78, 5) is 32.2. The monoisotopic (exact) mass is 397 g/mol. The van der Waals surface area contributed by atoms with Crippen molar-refractivity contribution < 1.29 is 4.79 Å². The Bertz CT molecular complexity index is 1050. The molecule has 1 aromatic heterocycles. The minimum atomic E-state index is -0.350. The molecule has 1 heterocycles. The van der Waals surface area contributed by atoms with E-state index < -0.39 is 0 Å². The fourth-order valence-corrected chi connectivity index (χ4v) is 3.52. The summed E-state index contributed by atoms with van der Waals surface area (Å²) in [6.45, 7) is 4.37.